The third kappa shape index (κ3) is 1.15. The number of fused-ring (bicyclic) bond motifs is 1. The van der Waals surface area contributed by atoms with E-state index in [1.807, 2.05) is 0 Å². The molecule has 3 rings (SSSR count). The molecule has 0 atom stereocenters. The molecule has 2 aliphatic rings. The number of carbonyl (C=O) groups excluding carboxylic acids is 3. The molecular formula is C13H9NO3. The molecule has 0 unspecified atom stereocenters. The van der Waals surface area contributed by atoms with E-state index in [1.54, 1.807) is 24.3 Å². The van der Waals surface area contributed by atoms with Crippen LogP contribution in [-0.2, 0) is 4.79 Å². The van der Waals surface area contributed by atoms with Crippen molar-refractivity contribution in [1.82, 2.24) is 4.90 Å². The lowest BCUT2D eigenvalue weighted by atomic mass is 9.87. The van der Waals surface area contributed by atoms with Crippen LogP contribution in [0.2, 0.25) is 0 Å². The molecule has 1 amide bonds. The standard InChI is InChI=1S/C13H9NO3/c1-14-10(15)6-9-11(14)13(17)8-5-3-2-4-7(8)12(9)16/h2-5H,6H2,1H3. The van der Waals surface area contributed by atoms with Crippen LogP contribution < -0.4 is 0 Å². The summed E-state index contributed by atoms with van der Waals surface area (Å²) in [6, 6.07) is 6.68. The molecule has 0 saturated heterocycles. The summed E-state index contributed by atoms with van der Waals surface area (Å²) in [6.45, 7) is 0. The Kier molecular flexibility index (Phi) is 1.84. The molecular weight excluding hydrogens is 218 g/mol. The average molecular weight is 227 g/mol. The first-order valence-electron chi connectivity index (χ1n) is 5.29. The number of Topliss-reactive ketones (excluding diaryl/α,β-unsaturated/α-hetero) is 2. The number of carbonyl (C=O) groups is 3. The van der Waals surface area contributed by atoms with Gasteiger partial charge >= 0.3 is 0 Å². The fourth-order valence-corrected chi connectivity index (χ4v) is 2.33. The van der Waals surface area contributed by atoms with E-state index >= 15 is 0 Å². The Morgan fingerprint density at radius 3 is 2.24 bits per heavy atom. The van der Waals surface area contributed by atoms with Crippen LogP contribution in [0.3, 0.4) is 0 Å². The first-order chi connectivity index (χ1) is 8.11. The van der Waals surface area contributed by atoms with E-state index in [4.69, 9.17) is 0 Å². The molecule has 1 aliphatic carbocycles. The van der Waals surface area contributed by atoms with E-state index in [2.05, 4.69) is 0 Å². The molecule has 4 heteroatoms. The third-order valence-electron chi connectivity index (χ3n) is 3.23. The quantitative estimate of drug-likeness (QED) is 0.668. The van der Waals surface area contributed by atoms with Crippen molar-refractivity contribution >= 4 is 17.5 Å². The van der Waals surface area contributed by atoms with Crippen LogP contribution in [0.5, 0.6) is 0 Å². The molecule has 1 aliphatic heterocycles. The molecule has 0 fully saturated rings. The van der Waals surface area contributed by atoms with Gasteiger partial charge in [-0.25, -0.2) is 0 Å². The van der Waals surface area contributed by atoms with Gasteiger partial charge in [-0.2, -0.15) is 0 Å². The SMILES string of the molecule is CN1C(=O)CC2=C1C(=O)c1ccccc1C2=O. The summed E-state index contributed by atoms with van der Waals surface area (Å²) < 4.78 is 0. The van der Waals surface area contributed by atoms with Crippen LogP contribution in [0.1, 0.15) is 27.1 Å². The zero-order valence-electron chi connectivity index (χ0n) is 9.19. The Morgan fingerprint density at radius 2 is 1.59 bits per heavy atom. The Balaban J connectivity index is 2.25. The molecule has 0 spiro atoms. The monoisotopic (exact) mass is 227 g/mol. The van der Waals surface area contributed by atoms with Crippen molar-refractivity contribution in [3.63, 3.8) is 0 Å². The van der Waals surface area contributed by atoms with Crippen LogP contribution in [0.25, 0.3) is 0 Å². The second kappa shape index (κ2) is 3.13. The minimum absolute atomic E-state index is 0.0325. The number of amides is 1. The van der Waals surface area contributed by atoms with E-state index in [0.29, 0.717) is 16.7 Å². The van der Waals surface area contributed by atoms with Gasteiger partial charge in [-0.05, 0) is 0 Å². The van der Waals surface area contributed by atoms with Crippen LogP contribution in [0.15, 0.2) is 35.5 Å². The predicted octanol–water partition coefficient (Wildman–Crippen LogP) is 1.18. The van der Waals surface area contributed by atoms with E-state index in [0.717, 1.165) is 0 Å². The van der Waals surface area contributed by atoms with E-state index in [-0.39, 0.29) is 29.6 Å². The molecule has 1 aromatic carbocycles. The number of allylic oxidation sites excluding steroid dienone is 1. The molecule has 1 aromatic rings. The van der Waals surface area contributed by atoms with Gasteiger partial charge in [-0.1, -0.05) is 24.3 Å². The van der Waals surface area contributed by atoms with Crippen LogP contribution in [0, 0.1) is 0 Å². The zero-order chi connectivity index (χ0) is 12.2. The number of nitrogens with zero attached hydrogens (tertiary/aromatic N) is 1. The molecule has 0 bridgehead atoms. The number of ketones is 2. The average Bonchev–Trinajstić information content (AvgIpc) is 2.64. The fourth-order valence-electron chi connectivity index (χ4n) is 2.33. The summed E-state index contributed by atoms with van der Waals surface area (Å²) in [6.07, 6.45) is 0.0325. The maximum atomic E-state index is 12.2. The second-order valence-corrected chi connectivity index (χ2v) is 4.16. The largest absolute Gasteiger partial charge is 0.311 e. The summed E-state index contributed by atoms with van der Waals surface area (Å²) in [5.41, 5.74) is 1.37. The van der Waals surface area contributed by atoms with E-state index in [9.17, 15) is 14.4 Å². The van der Waals surface area contributed by atoms with E-state index < -0.39 is 0 Å². The highest BCUT2D eigenvalue weighted by atomic mass is 16.2. The van der Waals surface area contributed by atoms with Gasteiger partial charge in [0.15, 0.2) is 5.78 Å². The minimum Gasteiger partial charge on any atom is -0.311 e. The zero-order valence-corrected chi connectivity index (χ0v) is 9.19. The van der Waals surface area contributed by atoms with Crippen LogP contribution >= 0.6 is 0 Å². The topological polar surface area (TPSA) is 54.5 Å². The molecule has 0 N–H and O–H groups in total. The van der Waals surface area contributed by atoms with Gasteiger partial charge in [-0.3, -0.25) is 14.4 Å². The van der Waals surface area contributed by atoms with Gasteiger partial charge in [-0.15, -0.1) is 0 Å². The van der Waals surface area contributed by atoms with Crippen molar-refractivity contribution in [2.75, 3.05) is 7.05 Å². The van der Waals surface area contributed by atoms with Crippen molar-refractivity contribution in [2.45, 2.75) is 6.42 Å². The summed E-state index contributed by atoms with van der Waals surface area (Å²) in [5, 5.41) is 0. The molecule has 4 nitrogen and oxygen atoms in total. The number of benzene rings is 1. The lowest BCUT2D eigenvalue weighted by molar-refractivity contribution is -0.126. The first-order valence-corrected chi connectivity index (χ1v) is 5.29. The van der Waals surface area contributed by atoms with E-state index in [1.165, 1.54) is 11.9 Å². The number of rotatable bonds is 0. The lowest BCUT2D eigenvalue weighted by Crippen LogP contribution is -2.27. The molecule has 0 saturated carbocycles. The number of hydrogen-bond donors (Lipinski definition) is 0. The predicted molar refractivity (Wildman–Crippen MR) is 59.5 cm³/mol. The van der Waals surface area contributed by atoms with Gasteiger partial charge in [0.25, 0.3) is 0 Å². The maximum absolute atomic E-state index is 12.2. The lowest BCUT2D eigenvalue weighted by Gasteiger charge is -2.19. The summed E-state index contributed by atoms with van der Waals surface area (Å²) in [7, 11) is 1.53. The van der Waals surface area contributed by atoms with Gasteiger partial charge in [0, 0.05) is 23.7 Å². The van der Waals surface area contributed by atoms with Crippen molar-refractivity contribution in [1.29, 1.82) is 0 Å². The Hall–Kier alpha value is -2.23. The molecule has 84 valence electrons. The highest BCUT2D eigenvalue weighted by molar-refractivity contribution is 6.29. The van der Waals surface area contributed by atoms with Crippen LogP contribution in [0.4, 0.5) is 0 Å². The smallest absolute Gasteiger partial charge is 0.231 e. The highest BCUT2D eigenvalue weighted by Crippen LogP contribution is 2.34. The van der Waals surface area contributed by atoms with Crippen LogP contribution in [-0.4, -0.2) is 29.4 Å². The van der Waals surface area contributed by atoms with Gasteiger partial charge in [0.2, 0.25) is 11.7 Å². The second-order valence-electron chi connectivity index (χ2n) is 4.16. The summed E-state index contributed by atoms with van der Waals surface area (Å²) in [4.78, 5) is 37.2. The Bertz CT molecular complexity index is 613. The molecule has 17 heavy (non-hydrogen) atoms. The molecule has 0 radical (unpaired) electrons. The third-order valence-corrected chi connectivity index (χ3v) is 3.23. The number of likely N-dealkylation sites (N-methyl/N-ethyl adjacent to an activating group) is 1. The Labute approximate surface area is 97.5 Å². The van der Waals surface area contributed by atoms with Crippen molar-refractivity contribution in [3.05, 3.63) is 46.7 Å². The van der Waals surface area contributed by atoms with Crippen molar-refractivity contribution in [3.8, 4) is 0 Å². The highest BCUT2D eigenvalue weighted by Gasteiger charge is 2.40. The fraction of sp³-hybridized carbons (Fsp3) is 0.154. The van der Waals surface area contributed by atoms with Crippen molar-refractivity contribution < 1.29 is 14.4 Å². The van der Waals surface area contributed by atoms with Gasteiger partial charge in [0.05, 0.1) is 12.1 Å². The first kappa shape index (κ1) is 9.96. The number of hydrogen-bond acceptors (Lipinski definition) is 3. The van der Waals surface area contributed by atoms with Crippen molar-refractivity contribution in [2.24, 2.45) is 0 Å². The maximum Gasteiger partial charge on any atom is 0.231 e. The minimum atomic E-state index is -0.233. The normalized spacial score (nSPS) is 18.6. The summed E-state index contributed by atoms with van der Waals surface area (Å²) in [5.74, 6) is -0.638. The van der Waals surface area contributed by atoms with Gasteiger partial charge in [0.1, 0.15) is 0 Å². The summed E-state index contributed by atoms with van der Waals surface area (Å²) >= 11 is 0. The molecule has 0 aromatic heterocycles. The van der Waals surface area contributed by atoms with Gasteiger partial charge < -0.3 is 4.90 Å². The Morgan fingerprint density at radius 1 is 1.00 bits per heavy atom. The molecule has 1 heterocycles.